The first-order valence-electron chi connectivity index (χ1n) is 4.56. The second-order valence-electron chi connectivity index (χ2n) is 2.99. The van der Waals surface area contributed by atoms with Crippen molar-refractivity contribution < 1.29 is 17.8 Å². The van der Waals surface area contributed by atoms with Crippen LogP contribution in [0.1, 0.15) is 6.92 Å². The number of hydrogen-bond donors (Lipinski definition) is 3. The van der Waals surface area contributed by atoms with Gasteiger partial charge in [0, 0.05) is 41.8 Å². The van der Waals surface area contributed by atoms with Gasteiger partial charge in [-0.15, -0.1) is 0 Å². The standard InChI is InChI=1S/C9H12N2O4S.Na/c1-2-10-9(12)11-7-4-3-5-8(6-7)16(13,14)15;/h3-6H,2H2,1H3,(H2,10,11,12)(H,13,14,15);. The van der Waals surface area contributed by atoms with Crippen LogP contribution >= 0.6 is 0 Å². The first-order valence-corrected chi connectivity index (χ1v) is 6.00. The van der Waals surface area contributed by atoms with E-state index in [-0.39, 0.29) is 34.5 Å². The molecule has 0 aromatic heterocycles. The summed E-state index contributed by atoms with van der Waals surface area (Å²) < 4.78 is 30.4. The second kappa shape index (κ2) is 6.97. The fourth-order valence-corrected chi connectivity index (χ4v) is 1.60. The largest absolute Gasteiger partial charge is 0.338 e. The third-order valence-electron chi connectivity index (χ3n) is 1.73. The Morgan fingerprint density at radius 3 is 2.59 bits per heavy atom. The summed E-state index contributed by atoms with van der Waals surface area (Å²) in [6.45, 7) is 2.22. The van der Waals surface area contributed by atoms with Crippen molar-refractivity contribution in [2.24, 2.45) is 0 Å². The van der Waals surface area contributed by atoms with E-state index in [0.29, 0.717) is 12.2 Å². The summed E-state index contributed by atoms with van der Waals surface area (Å²) in [5.41, 5.74) is 0.293. The van der Waals surface area contributed by atoms with E-state index in [0.717, 1.165) is 0 Å². The molecule has 0 aliphatic carbocycles. The summed E-state index contributed by atoms with van der Waals surface area (Å²) in [4.78, 5) is 10.9. The molecule has 0 fully saturated rings. The molecule has 17 heavy (non-hydrogen) atoms. The molecule has 1 aromatic rings. The van der Waals surface area contributed by atoms with Crippen LogP contribution in [0, 0.1) is 0 Å². The first-order chi connectivity index (χ1) is 7.43. The van der Waals surface area contributed by atoms with Crippen molar-refractivity contribution in [2.75, 3.05) is 11.9 Å². The van der Waals surface area contributed by atoms with E-state index in [9.17, 15) is 13.2 Å². The molecule has 1 radical (unpaired) electrons. The molecule has 0 saturated carbocycles. The number of nitrogens with one attached hydrogen (secondary N) is 2. The Labute approximate surface area is 122 Å². The van der Waals surface area contributed by atoms with Gasteiger partial charge >= 0.3 is 6.03 Å². The van der Waals surface area contributed by atoms with Crippen molar-refractivity contribution >= 4 is 51.4 Å². The molecule has 0 unspecified atom stereocenters. The van der Waals surface area contributed by atoms with Gasteiger partial charge in [-0.25, -0.2) is 4.79 Å². The number of urea groups is 1. The number of anilines is 1. The average Bonchev–Trinajstić information content (AvgIpc) is 2.17. The van der Waals surface area contributed by atoms with Crippen molar-refractivity contribution in [3.05, 3.63) is 24.3 Å². The molecule has 1 aromatic carbocycles. The molecule has 89 valence electrons. The Balaban J connectivity index is 0.00000256. The molecule has 3 N–H and O–H groups in total. The maximum atomic E-state index is 11.1. The third-order valence-corrected chi connectivity index (χ3v) is 2.58. The maximum Gasteiger partial charge on any atom is 0.319 e. The summed E-state index contributed by atoms with van der Waals surface area (Å²) in [6.07, 6.45) is 0. The number of benzene rings is 1. The van der Waals surface area contributed by atoms with Gasteiger partial charge in [-0.05, 0) is 25.1 Å². The zero-order chi connectivity index (χ0) is 12.2. The van der Waals surface area contributed by atoms with E-state index in [1.807, 2.05) is 0 Å². The molecule has 0 bridgehead atoms. The Bertz CT molecular complexity index is 490. The van der Waals surface area contributed by atoms with E-state index in [2.05, 4.69) is 10.6 Å². The average molecular weight is 267 g/mol. The molecule has 8 heteroatoms. The Morgan fingerprint density at radius 1 is 1.41 bits per heavy atom. The molecule has 0 heterocycles. The molecule has 6 nitrogen and oxygen atoms in total. The molecule has 2 amide bonds. The number of hydrogen-bond acceptors (Lipinski definition) is 3. The maximum absolute atomic E-state index is 11.1. The summed E-state index contributed by atoms with van der Waals surface area (Å²) in [6, 6.07) is 4.91. The van der Waals surface area contributed by atoms with Gasteiger partial charge < -0.3 is 10.6 Å². The Morgan fingerprint density at radius 2 is 2.06 bits per heavy atom. The van der Waals surface area contributed by atoms with Crippen molar-refractivity contribution in [3.63, 3.8) is 0 Å². The van der Waals surface area contributed by atoms with Crippen molar-refractivity contribution in [2.45, 2.75) is 11.8 Å². The van der Waals surface area contributed by atoms with Gasteiger partial charge in [-0.2, -0.15) is 8.42 Å². The molecule has 0 aliphatic rings. The fourth-order valence-electron chi connectivity index (χ4n) is 1.07. The minimum absolute atomic E-state index is 0. The van der Waals surface area contributed by atoms with E-state index in [4.69, 9.17) is 4.55 Å². The zero-order valence-electron chi connectivity index (χ0n) is 9.60. The van der Waals surface area contributed by atoms with Crippen LogP contribution in [-0.4, -0.2) is 55.1 Å². The third kappa shape index (κ3) is 5.51. The van der Waals surface area contributed by atoms with Gasteiger partial charge in [0.25, 0.3) is 10.1 Å². The Kier molecular flexibility index (Phi) is 6.73. The molecular formula is C9H12N2NaO4S. The van der Waals surface area contributed by atoms with Gasteiger partial charge in [0.15, 0.2) is 0 Å². The van der Waals surface area contributed by atoms with Gasteiger partial charge in [-0.3, -0.25) is 4.55 Å². The Hall–Kier alpha value is -0.600. The van der Waals surface area contributed by atoms with Crippen LogP contribution in [0.5, 0.6) is 0 Å². The first kappa shape index (κ1) is 16.4. The van der Waals surface area contributed by atoms with Gasteiger partial charge in [0.05, 0.1) is 4.90 Å². The van der Waals surface area contributed by atoms with Crippen LogP contribution in [0.3, 0.4) is 0 Å². The molecule has 0 atom stereocenters. The number of carbonyl (C=O) groups is 1. The monoisotopic (exact) mass is 267 g/mol. The topological polar surface area (TPSA) is 95.5 Å². The predicted octanol–water partition coefficient (Wildman–Crippen LogP) is 0.694. The summed E-state index contributed by atoms with van der Waals surface area (Å²) in [7, 11) is -4.25. The molecule has 1 rings (SSSR count). The minimum Gasteiger partial charge on any atom is -0.338 e. The van der Waals surface area contributed by atoms with E-state index < -0.39 is 16.1 Å². The van der Waals surface area contributed by atoms with Crippen LogP contribution in [0.25, 0.3) is 0 Å². The van der Waals surface area contributed by atoms with Crippen molar-refractivity contribution in [1.29, 1.82) is 0 Å². The van der Waals surface area contributed by atoms with Gasteiger partial charge in [0.2, 0.25) is 0 Å². The quantitative estimate of drug-likeness (QED) is 0.554. The minimum atomic E-state index is -4.25. The summed E-state index contributed by atoms with van der Waals surface area (Å²) in [5, 5.41) is 4.92. The summed E-state index contributed by atoms with van der Waals surface area (Å²) in [5.74, 6) is 0. The molecule has 0 aliphatic heterocycles. The predicted molar refractivity (Wildman–Crippen MR) is 64.7 cm³/mol. The second-order valence-corrected chi connectivity index (χ2v) is 4.41. The van der Waals surface area contributed by atoms with Crippen LogP contribution in [0.15, 0.2) is 29.2 Å². The molecule has 0 spiro atoms. The van der Waals surface area contributed by atoms with Crippen LogP contribution in [0.4, 0.5) is 10.5 Å². The van der Waals surface area contributed by atoms with Gasteiger partial charge in [-0.1, -0.05) is 6.07 Å². The number of rotatable bonds is 3. The molecular weight excluding hydrogens is 255 g/mol. The number of carbonyl (C=O) groups excluding carboxylic acids is 1. The van der Waals surface area contributed by atoms with Crippen molar-refractivity contribution in [1.82, 2.24) is 5.32 Å². The molecule has 0 saturated heterocycles. The smallest absolute Gasteiger partial charge is 0.319 e. The fraction of sp³-hybridized carbons (Fsp3) is 0.222. The van der Waals surface area contributed by atoms with Crippen LogP contribution in [-0.2, 0) is 10.1 Å². The van der Waals surface area contributed by atoms with Crippen LogP contribution in [0.2, 0.25) is 0 Å². The van der Waals surface area contributed by atoms with Crippen LogP contribution < -0.4 is 10.6 Å². The normalized spacial score (nSPS) is 10.2. The van der Waals surface area contributed by atoms with E-state index in [1.54, 1.807) is 6.92 Å². The zero-order valence-corrected chi connectivity index (χ0v) is 12.4. The van der Waals surface area contributed by atoms with Crippen molar-refractivity contribution in [3.8, 4) is 0 Å². The summed E-state index contributed by atoms with van der Waals surface area (Å²) >= 11 is 0. The van der Waals surface area contributed by atoms with E-state index in [1.165, 1.54) is 24.3 Å². The number of amides is 2. The van der Waals surface area contributed by atoms with Gasteiger partial charge in [0.1, 0.15) is 0 Å². The van der Waals surface area contributed by atoms with E-state index >= 15 is 0 Å². The SMILES string of the molecule is CCNC(=O)Nc1cccc(S(=O)(=O)O)c1.[Na].